The number of fused-ring (bicyclic) bond motifs is 3. The van der Waals surface area contributed by atoms with E-state index in [0.29, 0.717) is 24.3 Å². The van der Waals surface area contributed by atoms with Crippen molar-refractivity contribution in [3.8, 4) is 0 Å². The molecule has 2 saturated heterocycles. The summed E-state index contributed by atoms with van der Waals surface area (Å²) in [5.74, 6) is 0.524. The molecule has 0 aromatic rings. The van der Waals surface area contributed by atoms with Crippen LogP contribution in [0.3, 0.4) is 0 Å². The predicted octanol–water partition coefficient (Wildman–Crippen LogP) is 2.50. The van der Waals surface area contributed by atoms with E-state index < -0.39 is 5.97 Å². The number of hydrogen-bond acceptors (Lipinski definition) is 2. The van der Waals surface area contributed by atoms with Crippen molar-refractivity contribution in [2.24, 2.45) is 11.8 Å². The Hall–Kier alpha value is -0.570. The Kier molecular flexibility index (Phi) is 3.12. The van der Waals surface area contributed by atoms with Crippen molar-refractivity contribution >= 4 is 5.97 Å². The van der Waals surface area contributed by atoms with Crippen LogP contribution in [0.4, 0.5) is 0 Å². The third kappa shape index (κ3) is 2.22. The minimum Gasteiger partial charge on any atom is -0.481 e. The van der Waals surface area contributed by atoms with Gasteiger partial charge < -0.3 is 5.11 Å². The number of hydrogen-bond donors (Lipinski definition) is 1. The highest BCUT2D eigenvalue weighted by atomic mass is 16.4. The van der Waals surface area contributed by atoms with Crippen molar-refractivity contribution in [1.82, 2.24) is 4.90 Å². The van der Waals surface area contributed by atoms with Gasteiger partial charge in [0.2, 0.25) is 0 Å². The second-order valence-corrected chi connectivity index (χ2v) is 6.22. The van der Waals surface area contributed by atoms with Gasteiger partial charge in [-0.05, 0) is 43.9 Å². The fraction of sp³-hybridized carbons (Fsp3) is 0.929. The molecule has 4 aliphatic rings. The molecule has 4 rings (SSSR count). The molecule has 3 nitrogen and oxygen atoms in total. The Morgan fingerprint density at radius 2 is 1.88 bits per heavy atom. The Morgan fingerprint density at radius 3 is 2.47 bits per heavy atom. The lowest BCUT2D eigenvalue weighted by Crippen LogP contribution is -2.55. The SMILES string of the molecule is O=C(O)CC1CC2CCC1CN2C1CCCC1. The maximum absolute atomic E-state index is 10.9. The molecular formula is C14H23NO2. The third-order valence-electron chi connectivity index (χ3n) is 5.26. The van der Waals surface area contributed by atoms with Gasteiger partial charge in [-0.1, -0.05) is 12.8 Å². The standard InChI is InChI=1S/C14H23NO2/c16-14(17)8-11-7-13-6-5-10(11)9-15(13)12-3-1-2-4-12/h10-13H,1-9H2,(H,16,17). The summed E-state index contributed by atoms with van der Waals surface area (Å²) < 4.78 is 0. The van der Waals surface area contributed by atoms with Crippen molar-refractivity contribution in [2.75, 3.05) is 6.54 Å². The summed E-state index contributed by atoms with van der Waals surface area (Å²) in [4.78, 5) is 13.6. The lowest BCUT2D eigenvalue weighted by molar-refractivity contribution is -0.140. The number of nitrogens with zero attached hydrogens (tertiary/aromatic N) is 1. The van der Waals surface area contributed by atoms with E-state index in [1.807, 2.05) is 0 Å². The molecule has 2 aliphatic carbocycles. The van der Waals surface area contributed by atoms with Crippen LogP contribution in [0.1, 0.15) is 51.4 Å². The smallest absolute Gasteiger partial charge is 0.303 e. The van der Waals surface area contributed by atoms with Gasteiger partial charge in [0, 0.05) is 25.0 Å². The van der Waals surface area contributed by atoms with Crippen LogP contribution < -0.4 is 0 Å². The van der Waals surface area contributed by atoms with E-state index in [9.17, 15) is 4.79 Å². The number of carbonyl (C=O) groups is 1. The van der Waals surface area contributed by atoms with Gasteiger partial charge in [-0.15, -0.1) is 0 Å². The molecule has 0 radical (unpaired) electrons. The number of carboxylic acid groups (broad SMARTS) is 1. The molecule has 3 unspecified atom stereocenters. The molecule has 2 saturated carbocycles. The lowest BCUT2D eigenvalue weighted by Gasteiger charge is -2.51. The first-order valence-electron chi connectivity index (χ1n) is 7.21. The second kappa shape index (κ2) is 4.60. The van der Waals surface area contributed by atoms with E-state index in [0.717, 1.165) is 12.5 Å². The van der Waals surface area contributed by atoms with Crippen LogP contribution in [0.25, 0.3) is 0 Å². The van der Waals surface area contributed by atoms with Crippen molar-refractivity contribution < 1.29 is 9.90 Å². The van der Waals surface area contributed by atoms with Gasteiger partial charge in [0.15, 0.2) is 0 Å². The predicted molar refractivity (Wildman–Crippen MR) is 65.8 cm³/mol. The van der Waals surface area contributed by atoms with Crippen LogP contribution in [-0.4, -0.2) is 34.6 Å². The molecule has 0 aromatic carbocycles. The monoisotopic (exact) mass is 237 g/mol. The van der Waals surface area contributed by atoms with Crippen LogP contribution in [-0.2, 0) is 4.79 Å². The zero-order valence-electron chi connectivity index (χ0n) is 10.5. The summed E-state index contributed by atoms with van der Waals surface area (Å²) in [7, 11) is 0. The average molecular weight is 237 g/mol. The molecule has 0 aromatic heterocycles. The summed E-state index contributed by atoms with van der Waals surface area (Å²) in [6.07, 6.45) is 9.70. The van der Waals surface area contributed by atoms with Crippen LogP contribution in [0.2, 0.25) is 0 Å². The van der Waals surface area contributed by atoms with Crippen molar-refractivity contribution in [3.63, 3.8) is 0 Å². The third-order valence-corrected chi connectivity index (χ3v) is 5.26. The largest absolute Gasteiger partial charge is 0.481 e. The summed E-state index contributed by atoms with van der Waals surface area (Å²) >= 11 is 0. The highest BCUT2D eigenvalue weighted by molar-refractivity contribution is 5.67. The molecular weight excluding hydrogens is 214 g/mol. The molecule has 3 heteroatoms. The first kappa shape index (κ1) is 11.5. The van der Waals surface area contributed by atoms with Gasteiger partial charge >= 0.3 is 5.97 Å². The van der Waals surface area contributed by atoms with Crippen molar-refractivity contribution in [2.45, 2.75) is 63.5 Å². The Bertz CT molecular complexity index is 299. The Labute approximate surface area is 103 Å². The molecule has 96 valence electrons. The molecule has 17 heavy (non-hydrogen) atoms. The highest BCUT2D eigenvalue weighted by Gasteiger charge is 2.43. The number of carboxylic acids is 1. The van der Waals surface area contributed by atoms with Crippen LogP contribution >= 0.6 is 0 Å². The minimum absolute atomic E-state index is 0.402. The Balaban J connectivity index is 1.64. The van der Waals surface area contributed by atoms with E-state index in [2.05, 4.69) is 4.90 Å². The maximum Gasteiger partial charge on any atom is 0.303 e. The minimum atomic E-state index is -0.602. The number of rotatable bonds is 3. The maximum atomic E-state index is 10.9. The lowest BCUT2D eigenvalue weighted by atomic mass is 9.70. The zero-order valence-corrected chi connectivity index (χ0v) is 10.5. The van der Waals surface area contributed by atoms with Gasteiger partial charge in [0.05, 0.1) is 0 Å². The molecule has 2 heterocycles. The van der Waals surface area contributed by atoms with E-state index in [1.54, 1.807) is 0 Å². The summed E-state index contributed by atoms with van der Waals surface area (Å²) in [6, 6.07) is 1.53. The van der Waals surface area contributed by atoms with E-state index in [1.165, 1.54) is 45.1 Å². The van der Waals surface area contributed by atoms with Gasteiger partial charge in [0.1, 0.15) is 0 Å². The topological polar surface area (TPSA) is 40.5 Å². The summed E-state index contributed by atoms with van der Waals surface area (Å²) in [5, 5.41) is 8.96. The fourth-order valence-corrected chi connectivity index (χ4v) is 4.42. The summed E-state index contributed by atoms with van der Waals surface area (Å²) in [6.45, 7) is 1.19. The molecule has 2 bridgehead atoms. The molecule has 0 spiro atoms. The second-order valence-electron chi connectivity index (χ2n) is 6.22. The molecule has 1 N–H and O–H groups in total. The molecule has 4 fully saturated rings. The normalized spacial score (nSPS) is 38.7. The molecule has 0 amide bonds. The van der Waals surface area contributed by atoms with Gasteiger partial charge in [-0.25, -0.2) is 0 Å². The van der Waals surface area contributed by atoms with Crippen LogP contribution in [0.15, 0.2) is 0 Å². The quantitative estimate of drug-likeness (QED) is 0.820. The van der Waals surface area contributed by atoms with Crippen molar-refractivity contribution in [3.05, 3.63) is 0 Å². The van der Waals surface area contributed by atoms with E-state index >= 15 is 0 Å². The first-order chi connectivity index (χ1) is 8.24. The zero-order chi connectivity index (χ0) is 11.8. The van der Waals surface area contributed by atoms with E-state index in [-0.39, 0.29) is 0 Å². The fourth-order valence-electron chi connectivity index (χ4n) is 4.42. The van der Waals surface area contributed by atoms with Crippen LogP contribution in [0.5, 0.6) is 0 Å². The van der Waals surface area contributed by atoms with Gasteiger partial charge in [0.25, 0.3) is 0 Å². The molecule has 3 atom stereocenters. The average Bonchev–Trinajstić information content (AvgIpc) is 2.82. The number of piperidine rings is 2. The summed E-state index contributed by atoms with van der Waals surface area (Å²) in [5.41, 5.74) is 0. The highest BCUT2D eigenvalue weighted by Crippen LogP contribution is 2.43. The van der Waals surface area contributed by atoms with E-state index in [4.69, 9.17) is 5.11 Å². The van der Waals surface area contributed by atoms with Gasteiger partial charge in [-0.2, -0.15) is 0 Å². The Morgan fingerprint density at radius 1 is 1.12 bits per heavy atom. The first-order valence-corrected chi connectivity index (χ1v) is 7.21. The van der Waals surface area contributed by atoms with Gasteiger partial charge in [-0.3, -0.25) is 9.69 Å². The molecule has 2 aliphatic heterocycles. The van der Waals surface area contributed by atoms with Crippen molar-refractivity contribution in [1.29, 1.82) is 0 Å². The van der Waals surface area contributed by atoms with Crippen LogP contribution in [0, 0.1) is 11.8 Å². The number of aliphatic carboxylic acids is 1.